The highest BCUT2D eigenvalue weighted by atomic mass is 16.6. The summed E-state index contributed by atoms with van der Waals surface area (Å²) in [5.74, 6) is -6.40. The Bertz CT molecular complexity index is 1930. The van der Waals surface area contributed by atoms with Crippen molar-refractivity contribution in [1.82, 2.24) is 5.32 Å². The van der Waals surface area contributed by atoms with Gasteiger partial charge in [0, 0.05) is 32.1 Å². The van der Waals surface area contributed by atoms with Crippen LogP contribution < -0.4 is 5.32 Å². The van der Waals surface area contributed by atoms with Crippen molar-refractivity contribution in [3.05, 3.63) is 47.0 Å². The highest BCUT2D eigenvalue weighted by Gasteiger charge is 2.78. The summed E-state index contributed by atoms with van der Waals surface area (Å²) in [6.07, 6.45) is -7.71. The molecule has 1 heterocycles. The number of ketones is 1. The summed E-state index contributed by atoms with van der Waals surface area (Å²) in [6.45, 7) is 13.1. The average Bonchev–Trinajstić information content (AvgIpc) is 3.17. The van der Waals surface area contributed by atoms with Crippen LogP contribution in [0.15, 0.2) is 41.5 Å². The lowest BCUT2D eigenvalue weighted by molar-refractivity contribution is -0.347. The number of carbonyl (C=O) groups is 6. The molecule has 16 heteroatoms. The van der Waals surface area contributed by atoms with E-state index in [-0.39, 0.29) is 24.2 Å². The number of esters is 4. The zero-order valence-electron chi connectivity index (χ0n) is 36.5. The number of hydrogen-bond acceptors (Lipinski definition) is 15. The van der Waals surface area contributed by atoms with Crippen molar-refractivity contribution in [2.75, 3.05) is 6.61 Å². The number of rotatable bonds is 9. The molecular formula is C45H61NO15. The summed E-state index contributed by atoms with van der Waals surface area (Å²) in [4.78, 5) is 83.1. The molecule has 16 nitrogen and oxygen atoms in total. The summed E-state index contributed by atoms with van der Waals surface area (Å²) in [5, 5.41) is 40.0. The summed E-state index contributed by atoms with van der Waals surface area (Å²) < 4.78 is 35.9. The second kappa shape index (κ2) is 16.7. The molecule has 11 atom stereocenters. The lowest BCUT2D eigenvalue weighted by Crippen LogP contribution is -2.82. The van der Waals surface area contributed by atoms with Crippen LogP contribution in [0.3, 0.4) is 0 Å². The van der Waals surface area contributed by atoms with Crippen molar-refractivity contribution < 1.29 is 72.5 Å². The van der Waals surface area contributed by atoms with Gasteiger partial charge in [0.1, 0.15) is 29.5 Å². The smallest absolute Gasteiger partial charge is 0.408 e. The summed E-state index contributed by atoms with van der Waals surface area (Å²) >= 11 is 0. The molecule has 1 aliphatic heterocycles. The van der Waals surface area contributed by atoms with Crippen LogP contribution in [-0.4, -0.2) is 111 Å². The van der Waals surface area contributed by atoms with E-state index in [1.807, 2.05) is 0 Å². The molecule has 0 unspecified atom stereocenters. The van der Waals surface area contributed by atoms with Gasteiger partial charge in [-0.3, -0.25) is 19.2 Å². The zero-order valence-corrected chi connectivity index (χ0v) is 36.5. The maximum Gasteiger partial charge on any atom is 0.408 e. The predicted octanol–water partition coefficient (Wildman–Crippen LogP) is 4.10. The molecule has 0 spiro atoms. The first kappa shape index (κ1) is 46.1. The SMILES string of the molecule is CC(=O)O[C@H]1C(=O)[C@@]2(C)[C@H]([C@H](OC(=O)C3CCCCC3)[C@]3(O)C[C@H](OC(=O)[C@H](O)[C@@H](NC(=O)OC(C)(C)C)c4ccccc4)C(C)=C1C3(C)C)[C@]1(OC(C)=O)CO[C@@H]1C[C@@H]2O. The topological polar surface area (TPSA) is 231 Å². The van der Waals surface area contributed by atoms with Gasteiger partial charge in [0.2, 0.25) is 0 Å². The van der Waals surface area contributed by atoms with Crippen molar-refractivity contribution in [2.45, 2.75) is 167 Å². The Morgan fingerprint density at radius 2 is 1.57 bits per heavy atom. The quantitative estimate of drug-likeness (QED) is 0.156. The van der Waals surface area contributed by atoms with E-state index in [1.54, 1.807) is 65.0 Å². The number of fused-ring (bicyclic) bond motifs is 5. The zero-order chi connectivity index (χ0) is 45.0. The number of amides is 1. The molecule has 3 saturated carbocycles. The van der Waals surface area contributed by atoms with E-state index in [1.165, 1.54) is 20.8 Å². The van der Waals surface area contributed by atoms with Gasteiger partial charge in [-0.15, -0.1) is 0 Å². The van der Waals surface area contributed by atoms with Crippen LogP contribution in [0.4, 0.5) is 4.79 Å². The van der Waals surface area contributed by atoms with Crippen molar-refractivity contribution in [1.29, 1.82) is 0 Å². The molecule has 1 amide bonds. The number of carbonyl (C=O) groups excluding carboxylic acids is 6. The Balaban J connectivity index is 1.52. The Kier molecular flexibility index (Phi) is 12.6. The maximum absolute atomic E-state index is 15.5. The molecule has 0 radical (unpaired) electrons. The molecule has 4 N–H and O–H groups in total. The minimum absolute atomic E-state index is 0.0272. The third-order valence-electron chi connectivity index (χ3n) is 13.8. The van der Waals surface area contributed by atoms with Gasteiger partial charge in [0.05, 0.1) is 36.0 Å². The third kappa shape index (κ3) is 8.20. The molecule has 1 aromatic carbocycles. The van der Waals surface area contributed by atoms with Crippen LogP contribution in [0, 0.1) is 22.7 Å². The number of Topliss-reactive ketones (excluding diaryl/α,β-unsaturated/α-hetero) is 1. The first-order valence-corrected chi connectivity index (χ1v) is 21.2. The lowest BCUT2D eigenvalue weighted by atomic mass is 9.44. The van der Waals surface area contributed by atoms with Gasteiger partial charge < -0.3 is 49.1 Å². The Morgan fingerprint density at radius 1 is 0.934 bits per heavy atom. The molecule has 6 rings (SSSR count). The second-order valence-electron chi connectivity index (χ2n) is 19.2. The first-order chi connectivity index (χ1) is 28.4. The van der Waals surface area contributed by atoms with Crippen LogP contribution in [-0.2, 0) is 52.4 Å². The summed E-state index contributed by atoms with van der Waals surface area (Å²) in [6, 6.07) is 6.80. The molecule has 1 aromatic rings. The van der Waals surface area contributed by atoms with Gasteiger partial charge >= 0.3 is 30.0 Å². The molecule has 1 saturated heterocycles. The molecule has 4 aliphatic carbocycles. The number of nitrogens with one attached hydrogen (secondary N) is 1. The highest BCUT2D eigenvalue weighted by molar-refractivity contribution is 5.95. The molecular weight excluding hydrogens is 794 g/mol. The fraction of sp³-hybridized carbons (Fsp3) is 0.689. The van der Waals surface area contributed by atoms with E-state index in [0.717, 1.165) is 26.2 Å². The van der Waals surface area contributed by atoms with Gasteiger partial charge in [-0.25, -0.2) is 9.59 Å². The van der Waals surface area contributed by atoms with E-state index in [0.29, 0.717) is 18.4 Å². The van der Waals surface area contributed by atoms with Crippen molar-refractivity contribution in [3.8, 4) is 0 Å². The van der Waals surface area contributed by atoms with Crippen molar-refractivity contribution in [2.24, 2.45) is 22.7 Å². The number of aliphatic hydroxyl groups is 3. The molecule has 2 bridgehead atoms. The Morgan fingerprint density at radius 3 is 2.13 bits per heavy atom. The fourth-order valence-electron chi connectivity index (χ4n) is 10.6. The highest BCUT2D eigenvalue weighted by Crippen LogP contribution is 2.64. The standard InChI is InChI=1S/C45H61NO15/c1-23-28(58-39(53)33(50)32(26-16-12-10-13-17-26)46-40(54)61-41(4,5)6)21-45(55)37(59-38(52)27-18-14-11-15-19-27)35-43(9,29(49)20-30-44(35,22-56-30)60-25(3)48)36(51)34(57-24(2)47)31(23)42(45,7)8/h10,12-13,16-17,27-30,32-35,37,49-50,55H,11,14-15,18-22H2,1-9H3,(H,46,54)/t28-,29-,30+,32-,33+,34+,35-,37-,43+,44-,45+/m0/s1. The second-order valence-corrected chi connectivity index (χ2v) is 19.2. The maximum atomic E-state index is 15.5. The van der Waals surface area contributed by atoms with Gasteiger partial charge in [-0.05, 0) is 64.2 Å². The molecule has 336 valence electrons. The van der Waals surface area contributed by atoms with Gasteiger partial charge in [-0.2, -0.15) is 0 Å². The minimum atomic E-state index is -2.33. The van der Waals surface area contributed by atoms with Crippen LogP contribution in [0.25, 0.3) is 0 Å². The van der Waals surface area contributed by atoms with E-state index in [2.05, 4.69) is 5.32 Å². The lowest BCUT2D eigenvalue weighted by Gasteiger charge is -2.67. The van der Waals surface area contributed by atoms with Crippen molar-refractivity contribution >= 4 is 35.8 Å². The largest absolute Gasteiger partial charge is 0.459 e. The predicted molar refractivity (Wildman–Crippen MR) is 214 cm³/mol. The normalized spacial score (nSPS) is 34.4. The van der Waals surface area contributed by atoms with E-state index in [4.69, 9.17) is 28.4 Å². The summed E-state index contributed by atoms with van der Waals surface area (Å²) in [5.41, 5.74) is -8.04. The van der Waals surface area contributed by atoms with Crippen molar-refractivity contribution in [3.63, 3.8) is 0 Å². The van der Waals surface area contributed by atoms with E-state index < -0.39 is 124 Å². The monoisotopic (exact) mass is 855 g/mol. The van der Waals surface area contributed by atoms with Crippen LogP contribution >= 0.6 is 0 Å². The number of benzene rings is 1. The van der Waals surface area contributed by atoms with E-state index >= 15 is 4.79 Å². The van der Waals surface area contributed by atoms with Gasteiger partial charge in [0.25, 0.3) is 0 Å². The molecule has 4 fully saturated rings. The Labute approximate surface area is 356 Å². The Hall–Kier alpha value is -4.38. The molecule has 0 aromatic heterocycles. The third-order valence-corrected chi connectivity index (χ3v) is 13.8. The van der Waals surface area contributed by atoms with Gasteiger partial charge in [0.15, 0.2) is 23.6 Å². The number of hydrogen-bond donors (Lipinski definition) is 4. The summed E-state index contributed by atoms with van der Waals surface area (Å²) in [7, 11) is 0. The first-order valence-electron chi connectivity index (χ1n) is 21.2. The number of aliphatic hydroxyl groups excluding tert-OH is 2. The number of alkyl carbamates (subject to hydrolysis) is 1. The van der Waals surface area contributed by atoms with Crippen LogP contribution in [0.2, 0.25) is 0 Å². The fourth-order valence-corrected chi connectivity index (χ4v) is 10.6. The number of ether oxygens (including phenoxy) is 6. The van der Waals surface area contributed by atoms with Crippen LogP contribution in [0.5, 0.6) is 0 Å². The minimum Gasteiger partial charge on any atom is -0.459 e. The molecule has 61 heavy (non-hydrogen) atoms. The van der Waals surface area contributed by atoms with E-state index in [9.17, 15) is 39.3 Å². The van der Waals surface area contributed by atoms with Crippen LogP contribution in [0.1, 0.15) is 119 Å². The molecule has 5 aliphatic rings. The van der Waals surface area contributed by atoms with Gasteiger partial charge in [-0.1, -0.05) is 63.4 Å². The average molecular weight is 856 g/mol.